The van der Waals surface area contributed by atoms with Crippen LogP contribution in [0.3, 0.4) is 0 Å². The minimum absolute atomic E-state index is 0.0409. The Kier molecular flexibility index (Phi) is 2.32. The Hall–Kier alpha value is -0.0800. The first kappa shape index (κ1) is 8.02. The Morgan fingerprint density at radius 2 is 2.00 bits per heavy atom. The second kappa shape index (κ2) is 2.89. The quantitative estimate of drug-likeness (QED) is 0.576. The van der Waals surface area contributed by atoms with Crippen molar-refractivity contribution in [1.82, 2.24) is 0 Å². The van der Waals surface area contributed by atoms with Gasteiger partial charge < -0.3 is 10.8 Å². The third-order valence-electron chi connectivity index (χ3n) is 2.66. The Bertz CT molecular complexity index is 106. The van der Waals surface area contributed by atoms with E-state index in [2.05, 4.69) is 6.92 Å². The average Bonchev–Trinajstić information content (AvgIpc) is 1.96. The van der Waals surface area contributed by atoms with Gasteiger partial charge in [-0.1, -0.05) is 6.92 Å². The molecule has 0 aromatic carbocycles. The Labute approximate surface area is 62.4 Å². The van der Waals surface area contributed by atoms with E-state index in [1.54, 1.807) is 0 Å². The SMILES string of the molecule is CC[C@]1(N)CC[C@H](O)CC1. The molecule has 0 amide bonds. The molecule has 1 rings (SSSR count). The highest BCUT2D eigenvalue weighted by Crippen LogP contribution is 2.28. The highest BCUT2D eigenvalue weighted by atomic mass is 16.3. The van der Waals surface area contributed by atoms with Gasteiger partial charge in [-0.05, 0) is 32.1 Å². The van der Waals surface area contributed by atoms with Crippen molar-refractivity contribution in [2.75, 3.05) is 0 Å². The summed E-state index contributed by atoms with van der Waals surface area (Å²) in [4.78, 5) is 0. The van der Waals surface area contributed by atoms with E-state index in [0.717, 1.165) is 32.1 Å². The Morgan fingerprint density at radius 3 is 2.40 bits per heavy atom. The third kappa shape index (κ3) is 1.70. The smallest absolute Gasteiger partial charge is 0.0541 e. The summed E-state index contributed by atoms with van der Waals surface area (Å²) in [6, 6.07) is 0. The van der Waals surface area contributed by atoms with Crippen LogP contribution in [0.1, 0.15) is 39.0 Å². The predicted molar refractivity (Wildman–Crippen MR) is 41.7 cm³/mol. The number of nitrogens with two attached hydrogens (primary N) is 1. The van der Waals surface area contributed by atoms with Gasteiger partial charge in [0, 0.05) is 5.54 Å². The molecule has 0 aliphatic heterocycles. The van der Waals surface area contributed by atoms with Crippen molar-refractivity contribution >= 4 is 0 Å². The molecule has 0 unspecified atom stereocenters. The number of rotatable bonds is 1. The topological polar surface area (TPSA) is 46.2 Å². The van der Waals surface area contributed by atoms with Crippen molar-refractivity contribution in [3.05, 3.63) is 0 Å². The second-order valence-corrected chi connectivity index (χ2v) is 3.45. The van der Waals surface area contributed by atoms with E-state index in [9.17, 15) is 5.11 Å². The maximum Gasteiger partial charge on any atom is 0.0541 e. The zero-order chi connectivity index (χ0) is 7.61. The van der Waals surface area contributed by atoms with Crippen LogP contribution in [-0.2, 0) is 0 Å². The minimum atomic E-state index is -0.0803. The fourth-order valence-electron chi connectivity index (χ4n) is 1.53. The largest absolute Gasteiger partial charge is 0.393 e. The van der Waals surface area contributed by atoms with Gasteiger partial charge in [0.2, 0.25) is 0 Å². The van der Waals surface area contributed by atoms with E-state index in [1.165, 1.54) is 0 Å². The lowest BCUT2D eigenvalue weighted by Gasteiger charge is -2.34. The van der Waals surface area contributed by atoms with Crippen molar-refractivity contribution in [2.45, 2.75) is 50.7 Å². The van der Waals surface area contributed by atoms with Crippen LogP contribution in [0.2, 0.25) is 0 Å². The lowest BCUT2D eigenvalue weighted by Crippen LogP contribution is -2.43. The molecule has 0 radical (unpaired) electrons. The van der Waals surface area contributed by atoms with Crippen LogP contribution in [0, 0.1) is 0 Å². The van der Waals surface area contributed by atoms with Crippen molar-refractivity contribution in [3.63, 3.8) is 0 Å². The standard InChI is InChI=1S/C8H17NO/c1-2-8(9)5-3-7(10)4-6-8/h7,10H,2-6,9H2,1H3/t7-,8-. The zero-order valence-corrected chi connectivity index (χ0v) is 6.64. The summed E-state index contributed by atoms with van der Waals surface area (Å²) in [6.07, 6.45) is 4.73. The molecule has 1 fully saturated rings. The Morgan fingerprint density at radius 1 is 1.50 bits per heavy atom. The first-order chi connectivity index (χ1) is 4.66. The van der Waals surface area contributed by atoms with E-state index in [0.29, 0.717) is 0 Å². The predicted octanol–water partition coefficient (Wildman–Crippen LogP) is 1.03. The Balaban J connectivity index is 2.38. The molecule has 0 aromatic rings. The molecule has 1 aliphatic carbocycles. The number of hydrogen-bond donors (Lipinski definition) is 2. The summed E-state index contributed by atoms with van der Waals surface area (Å²) in [7, 11) is 0. The first-order valence-electron chi connectivity index (χ1n) is 4.13. The van der Waals surface area contributed by atoms with Crippen LogP contribution < -0.4 is 5.73 Å². The van der Waals surface area contributed by atoms with Crippen LogP contribution in [0.25, 0.3) is 0 Å². The van der Waals surface area contributed by atoms with Crippen molar-refractivity contribution in [2.24, 2.45) is 5.73 Å². The van der Waals surface area contributed by atoms with Gasteiger partial charge in [0.05, 0.1) is 6.10 Å². The van der Waals surface area contributed by atoms with Crippen LogP contribution >= 0.6 is 0 Å². The number of aliphatic hydroxyl groups is 1. The summed E-state index contributed by atoms with van der Waals surface area (Å²) in [6.45, 7) is 2.12. The summed E-state index contributed by atoms with van der Waals surface area (Å²) in [5, 5.41) is 9.18. The average molecular weight is 143 g/mol. The second-order valence-electron chi connectivity index (χ2n) is 3.45. The van der Waals surface area contributed by atoms with E-state index >= 15 is 0 Å². The molecule has 60 valence electrons. The maximum atomic E-state index is 9.18. The first-order valence-corrected chi connectivity index (χ1v) is 4.13. The summed E-state index contributed by atoms with van der Waals surface area (Å²) in [5.74, 6) is 0. The zero-order valence-electron chi connectivity index (χ0n) is 6.64. The van der Waals surface area contributed by atoms with Gasteiger partial charge in [-0.3, -0.25) is 0 Å². The summed E-state index contributed by atoms with van der Waals surface area (Å²) < 4.78 is 0. The maximum absolute atomic E-state index is 9.18. The molecule has 0 heterocycles. The van der Waals surface area contributed by atoms with Gasteiger partial charge >= 0.3 is 0 Å². The molecule has 0 spiro atoms. The van der Waals surface area contributed by atoms with Gasteiger partial charge in [0.15, 0.2) is 0 Å². The highest BCUT2D eigenvalue weighted by molar-refractivity contribution is 4.88. The third-order valence-corrected chi connectivity index (χ3v) is 2.66. The van der Waals surface area contributed by atoms with Gasteiger partial charge in [0.1, 0.15) is 0 Å². The number of hydrogen-bond acceptors (Lipinski definition) is 2. The monoisotopic (exact) mass is 143 g/mol. The molecular formula is C8H17NO. The van der Waals surface area contributed by atoms with Gasteiger partial charge in [0.25, 0.3) is 0 Å². The normalized spacial score (nSPS) is 41.7. The molecule has 1 aliphatic rings. The fraction of sp³-hybridized carbons (Fsp3) is 1.00. The van der Waals surface area contributed by atoms with Gasteiger partial charge in [-0.25, -0.2) is 0 Å². The van der Waals surface area contributed by atoms with E-state index < -0.39 is 0 Å². The summed E-state index contributed by atoms with van der Waals surface area (Å²) in [5.41, 5.74) is 6.05. The van der Waals surface area contributed by atoms with Gasteiger partial charge in [-0.15, -0.1) is 0 Å². The van der Waals surface area contributed by atoms with Crippen LogP contribution in [0.15, 0.2) is 0 Å². The molecule has 0 aromatic heterocycles. The van der Waals surface area contributed by atoms with Crippen molar-refractivity contribution in [3.8, 4) is 0 Å². The fourth-order valence-corrected chi connectivity index (χ4v) is 1.53. The van der Waals surface area contributed by atoms with Crippen LogP contribution in [-0.4, -0.2) is 16.7 Å². The van der Waals surface area contributed by atoms with Crippen molar-refractivity contribution in [1.29, 1.82) is 0 Å². The summed E-state index contributed by atoms with van der Waals surface area (Å²) >= 11 is 0. The minimum Gasteiger partial charge on any atom is -0.393 e. The van der Waals surface area contributed by atoms with Crippen LogP contribution in [0.4, 0.5) is 0 Å². The molecule has 0 saturated heterocycles. The van der Waals surface area contributed by atoms with E-state index in [-0.39, 0.29) is 11.6 Å². The molecule has 2 heteroatoms. The molecule has 0 atom stereocenters. The molecule has 10 heavy (non-hydrogen) atoms. The molecule has 0 bridgehead atoms. The lowest BCUT2D eigenvalue weighted by molar-refractivity contribution is 0.0960. The molecule has 2 nitrogen and oxygen atoms in total. The van der Waals surface area contributed by atoms with Crippen molar-refractivity contribution < 1.29 is 5.11 Å². The molecule has 1 saturated carbocycles. The van der Waals surface area contributed by atoms with E-state index in [1.807, 2.05) is 0 Å². The van der Waals surface area contributed by atoms with Gasteiger partial charge in [-0.2, -0.15) is 0 Å². The highest BCUT2D eigenvalue weighted by Gasteiger charge is 2.28. The molecular weight excluding hydrogens is 126 g/mol. The lowest BCUT2D eigenvalue weighted by atomic mass is 9.79. The molecule has 3 N–H and O–H groups in total. The van der Waals surface area contributed by atoms with Crippen LogP contribution in [0.5, 0.6) is 0 Å². The van der Waals surface area contributed by atoms with E-state index in [4.69, 9.17) is 5.73 Å². The number of aliphatic hydroxyl groups excluding tert-OH is 1.